The molecule has 2 aliphatic rings. The maximum atomic E-state index is 13.6. The Morgan fingerprint density at radius 1 is 1.30 bits per heavy atom. The van der Waals surface area contributed by atoms with Gasteiger partial charge in [0.25, 0.3) is 5.91 Å². The van der Waals surface area contributed by atoms with E-state index in [0.29, 0.717) is 24.4 Å². The zero-order chi connectivity index (χ0) is 19.1. The molecule has 4 rings (SSSR count). The number of nitrogens with zero attached hydrogens (tertiary/aromatic N) is 2. The predicted molar refractivity (Wildman–Crippen MR) is 102 cm³/mol. The molecule has 0 saturated heterocycles. The second kappa shape index (κ2) is 6.96. The summed E-state index contributed by atoms with van der Waals surface area (Å²) in [5, 5.41) is 0. The number of fused-ring (bicyclic) bond motifs is 2. The Morgan fingerprint density at radius 3 is 2.93 bits per heavy atom. The second-order valence-corrected chi connectivity index (χ2v) is 7.65. The summed E-state index contributed by atoms with van der Waals surface area (Å²) in [5.41, 5.74) is 2.47. The van der Waals surface area contributed by atoms with Crippen molar-refractivity contribution in [2.75, 3.05) is 24.6 Å². The summed E-state index contributed by atoms with van der Waals surface area (Å²) in [6.45, 7) is 2.28. The molecule has 27 heavy (non-hydrogen) atoms. The molecule has 0 spiro atoms. The molecule has 2 aromatic carbocycles. The van der Waals surface area contributed by atoms with E-state index >= 15 is 0 Å². The monoisotopic (exact) mass is 432 g/mol. The van der Waals surface area contributed by atoms with Gasteiger partial charge in [-0.05, 0) is 54.8 Å². The number of ether oxygens (including phenoxy) is 1. The highest BCUT2D eigenvalue weighted by Gasteiger charge is 2.32. The molecule has 2 heterocycles. The minimum Gasteiger partial charge on any atom is -0.482 e. The van der Waals surface area contributed by atoms with Crippen LogP contribution in [0.15, 0.2) is 40.9 Å². The van der Waals surface area contributed by atoms with Crippen LogP contribution in [0.4, 0.5) is 10.1 Å². The molecule has 0 saturated carbocycles. The molecule has 1 atom stereocenters. The van der Waals surface area contributed by atoms with E-state index in [1.165, 1.54) is 17.0 Å². The fraction of sp³-hybridized carbons (Fsp3) is 0.300. The number of anilines is 1. The second-order valence-electron chi connectivity index (χ2n) is 6.74. The van der Waals surface area contributed by atoms with Crippen molar-refractivity contribution in [3.63, 3.8) is 0 Å². The summed E-state index contributed by atoms with van der Waals surface area (Å²) in [6, 6.07) is 9.83. The molecule has 0 aliphatic carbocycles. The van der Waals surface area contributed by atoms with Gasteiger partial charge < -0.3 is 9.64 Å². The van der Waals surface area contributed by atoms with Crippen LogP contribution in [0.3, 0.4) is 0 Å². The number of amides is 2. The van der Waals surface area contributed by atoms with Crippen LogP contribution < -0.4 is 9.64 Å². The average Bonchev–Trinajstić information content (AvgIpc) is 2.64. The van der Waals surface area contributed by atoms with E-state index in [-0.39, 0.29) is 36.8 Å². The van der Waals surface area contributed by atoms with Gasteiger partial charge in [0.15, 0.2) is 6.61 Å². The van der Waals surface area contributed by atoms with Gasteiger partial charge in [0.2, 0.25) is 5.91 Å². The van der Waals surface area contributed by atoms with Crippen LogP contribution in [0, 0.1) is 5.82 Å². The number of hydrogen-bond acceptors (Lipinski definition) is 3. The van der Waals surface area contributed by atoms with Gasteiger partial charge in [-0.3, -0.25) is 14.5 Å². The Bertz CT molecular complexity index is 933. The smallest absolute Gasteiger partial charge is 0.265 e. The Labute approximate surface area is 164 Å². The van der Waals surface area contributed by atoms with E-state index in [1.807, 2.05) is 6.92 Å². The first-order chi connectivity index (χ1) is 12.9. The van der Waals surface area contributed by atoms with E-state index in [0.717, 1.165) is 15.6 Å². The van der Waals surface area contributed by atoms with Gasteiger partial charge >= 0.3 is 0 Å². The van der Waals surface area contributed by atoms with Crippen LogP contribution in [0.5, 0.6) is 5.75 Å². The zero-order valence-corrected chi connectivity index (χ0v) is 16.3. The molecule has 2 amide bonds. The molecule has 0 N–H and O–H groups in total. The lowest BCUT2D eigenvalue weighted by molar-refractivity contribution is -0.134. The zero-order valence-electron chi connectivity index (χ0n) is 14.7. The molecular formula is C20H18BrFN2O3. The van der Waals surface area contributed by atoms with E-state index < -0.39 is 0 Å². The molecule has 2 aliphatic heterocycles. The van der Waals surface area contributed by atoms with E-state index in [4.69, 9.17) is 4.74 Å². The summed E-state index contributed by atoms with van der Waals surface area (Å²) in [7, 11) is 0. The van der Waals surface area contributed by atoms with Crippen LogP contribution in [0.25, 0.3) is 0 Å². The minimum absolute atomic E-state index is 0.0637. The lowest BCUT2D eigenvalue weighted by Crippen LogP contribution is -2.48. The van der Waals surface area contributed by atoms with Crippen LogP contribution in [-0.2, 0) is 16.0 Å². The van der Waals surface area contributed by atoms with E-state index in [9.17, 15) is 14.0 Å². The quantitative estimate of drug-likeness (QED) is 0.729. The number of benzene rings is 2. The molecule has 0 bridgehead atoms. The highest BCUT2D eigenvalue weighted by atomic mass is 79.9. The summed E-state index contributed by atoms with van der Waals surface area (Å²) in [5.74, 6) is -0.163. The number of carbonyl (C=O) groups excluding carboxylic acids is 2. The number of halogens is 2. The third-order valence-electron chi connectivity index (χ3n) is 5.13. The first-order valence-corrected chi connectivity index (χ1v) is 9.54. The largest absolute Gasteiger partial charge is 0.482 e. The van der Waals surface area contributed by atoms with Crippen molar-refractivity contribution in [3.05, 3.63) is 57.8 Å². The summed E-state index contributed by atoms with van der Waals surface area (Å²) in [6.07, 6.45) is 0.673. The van der Waals surface area contributed by atoms with Crippen molar-refractivity contribution in [1.29, 1.82) is 0 Å². The Morgan fingerprint density at radius 2 is 2.11 bits per heavy atom. The Kier molecular flexibility index (Phi) is 4.63. The molecule has 140 valence electrons. The Hall–Kier alpha value is -2.41. The topological polar surface area (TPSA) is 49.9 Å². The average molecular weight is 433 g/mol. The number of carbonyl (C=O) groups is 2. The lowest BCUT2D eigenvalue weighted by atomic mass is 9.93. The van der Waals surface area contributed by atoms with Gasteiger partial charge in [0, 0.05) is 11.0 Å². The SMILES string of the molecule is CC1c2cc(F)ccc2CCN1C(=O)CN1C(=O)COc2cc(Br)ccc21. The molecular weight excluding hydrogens is 415 g/mol. The fourth-order valence-corrected chi connectivity index (χ4v) is 4.04. The maximum absolute atomic E-state index is 13.6. The lowest BCUT2D eigenvalue weighted by Gasteiger charge is -2.37. The van der Waals surface area contributed by atoms with Crippen molar-refractivity contribution in [2.45, 2.75) is 19.4 Å². The van der Waals surface area contributed by atoms with Crippen molar-refractivity contribution in [2.24, 2.45) is 0 Å². The highest BCUT2D eigenvalue weighted by molar-refractivity contribution is 9.10. The Balaban J connectivity index is 1.57. The summed E-state index contributed by atoms with van der Waals surface area (Å²) < 4.78 is 19.9. The predicted octanol–water partition coefficient (Wildman–Crippen LogP) is 3.46. The molecule has 1 unspecified atom stereocenters. The number of hydrogen-bond donors (Lipinski definition) is 0. The van der Waals surface area contributed by atoms with Crippen molar-refractivity contribution >= 4 is 33.4 Å². The maximum Gasteiger partial charge on any atom is 0.265 e. The minimum atomic E-state index is -0.308. The van der Waals surface area contributed by atoms with Crippen LogP contribution >= 0.6 is 15.9 Å². The van der Waals surface area contributed by atoms with Crippen molar-refractivity contribution in [1.82, 2.24) is 4.90 Å². The van der Waals surface area contributed by atoms with Gasteiger partial charge in [-0.15, -0.1) is 0 Å². The third kappa shape index (κ3) is 3.32. The third-order valence-corrected chi connectivity index (χ3v) is 5.62. The molecule has 7 heteroatoms. The van der Waals surface area contributed by atoms with Crippen molar-refractivity contribution in [3.8, 4) is 5.75 Å². The standard InChI is InChI=1S/C20H18BrFN2O3/c1-12-16-9-15(22)4-2-13(16)6-7-23(12)19(25)10-24-17-5-3-14(21)8-18(17)27-11-20(24)26/h2-5,8-9,12H,6-7,10-11H2,1H3. The van der Waals surface area contributed by atoms with Crippen LogP contribution in [0.2, 0.25) is 0 Å². The first kappa shape index (κ1) is 18.0. The summed E-state index contributed by atoms with van der Waals surface area (Å²) in [4.78, 5) is 28.5. The molecule has 0 fully saturated rings. The summed E-state index contributed by atoms with van der Waals surface area (Å²) >= 11 is 3.38. The van der Waals surface area contributed by atoms with E-state index in [1.54, 1.807) is 29.2 Å². The highest BCUT2D eigenvalue weighted by Crippen LogP contribution is 2.35. The van der Waals surface area contributed by atoms with Gasteiger partial charge in [0.05, 0.1) is 11.7 Å². The number of rotatable bonds is 2. The van der Waals surface area contributed by atoms with Gasteiger partial charge in [-0.1, -0.05) is 22.0 Å². The molecule has 0 radical (unpaired) electrons. The molecule has 5 nitrogen and oxygen atoms in total. The normalized spacial score (nSPS) is 18.6. The van der Waals surface area contributed by atoms with Crippen LogP contribution in [-0.4, -0.2) is 36.4 Å². The molecule has 2 aromatic rings. The van der Waals surface area contributed by atoms with Crippen LogP contribution in [0.1, 0.15) is 24.1 Å². The van der Waals surface area contributed by atoms with Crippen molar-refractivity contribution < 1.29 is 18.7 Å². The van der Waals surface area contributed by atoms with Gasteiger partial charge in [0.1, 0.15) is 18.1 Å². The fourth-order valence-electron chi connectivity index (χ4n) is 3.70. The van der Waals surface area contributed by atoms with Gasteiger partial charge in [-0.25, -0.2) is 4.39 Å². The van der Waals surface area contributed by atoms with E-state index in [2.05, 4.69) is 15.9 Å². The van der Waals surface area contributed by atoms with Gasteiger partial charge in [-0.2, -0.15) is 0 Å². The first-order valence-electron chi connectivity index (χ1n) is 8.74. The molecule has 0 aromatic heterocycles.